The number of ether oxygens (including phenoxy) is 2. The number of piperidine rings is 1. The molecule has 0 N–H and O–H groups in total. The molecule has 2 saturated heterocycles. The first-order valence-electron chi connectivity index (χ1n) is 18.3. The maximum absolute atomic E-state index is 14.0. The van der Waals surface area contributed by atoms with Crippen LogP contribution in [-0.2, 0) is 16.2 Å². The molecule has 0 bridgehead atoms. The lowest BCUT2D eigenvalue weighted by Crippen LogP contribution is -2.44. The van der Waals surface area contributed by atoms with Gasteiger partial charge in [-0.25, -0.2) is 24.1 Å². The van der Waals surface area contributed by atoms with E-state index >= 15 is 0 Å². The normalized spacial score (nSPS) is 17.7. The molecule has 3 amide bonds. The Kier molecular flexibility index (Phi) is 10.6. The SMILES string of the molecule is CC(C)[C@H]1CN(CC2CCN(C(=O)OC(C)(C)C)CC2)C(=O)N1c1ccn2ncc(-c3ccc(-c4nccn4COCC[Si](C)(C)C)cc3)c2n1. The number of fused-ring (bicyclic) bond motifs is 1. The number of benzene rings is 1. The van der Waals surface area contributed by atoms with Gasteiger partial charge in [-0.1, -0.05) is 57.8 Å². The molecule has 2 aliphatic rings. The fraction of sp³-hybridized carbons (Fsp3) is 0.553. The molecular weight excluding hydrogens is 661 g/mol. The highest BCUT2D eigenvalue weighted by Gasteiger charge is 2.42. The van der Waals surface area contributed by atoms with E-state index < -0.39 is 13.7 Å². The third-order valence-electron chi connectivity index (χ3n) is 9.73. The molecule has 274 valence electrons. The summed E-state index contributed by atoms with van der Waals surface area (Å²) in [5.74, 6) is 2.05. The van der Waals surface area contributed by atoms with Crippen LogP contribution in [0.25, 0.3) is 28.2 Å². The van der Waals surface area contributed by atoms with Crippen molar-refractivity contribution in [1.82, 2.24) is 33.9 Å². The fourth-order valence-corrected chi connectivity index (χ4v) is 7.51. The minimum atomic E-state index is -1.15. The van der Waals surface area contributed by atoms with Crippen LogP contribution in [0, 0.1) is 11.8 Å². The van der Waals surface area contributed by atoms with E-state index in [0.717, 1.165) is 48.0 Å². The van der Waals surface area contributed by atoms with Crippen molar-refractivity contribution in [3.8, 4) is 22.5 Å². The van der Waals surface area contributed by atoms with Gasteiger partial charge in [-0.2, -0.15) is 5.10 Å². The number of hydrogen-bond acceptors (Lipinski definition) is 7. The number of carbonyl (C=O) groups excluding carboxylic acids is 2. The van der Waals surface area contributed by atoms with Crippen molar-refractivity contribution in [1.29, 1.82) is 0 Å². The lowest BCUT2D eigenvalue weighted by molar-refractivity contribution is 0.0175. The average molecular weight is 715 g/mol. The lowest BCUT2D eigenvalue weighted by Gasteiger charge is -2.34. The van der Waals surface area contributed by atoms with Gasteiger partial charge in [-0.15, -0.1) is 0 Å². The first-order chi connectivity index (χ1) is 24.2. The van der Waals surface area contributed by atoms with Crippen molar-refractivity contribution in [2.75, 3.05) is 37.7 Å². The predicted octanol–water partition coefficient (Wildman–Crippen LogP) is 7.49. The van der Waals surface area contributed by atoms with E-state index in [0.29, 0.717) is 50.3 Å². The molecule has 3 aromatic heterocycles. The van der Waals surface area contributed by atoms with Crippen LogP contribution < -0.4 is 4.90 Å². The summed E-state index contributed by atoms with van der Waals surface area (Å²) in [6.07, 6.45) is 8.89. The van der Waals surface area contributed by atoms with E-state index in [-0.39, 0.29) is 24.1 Å². The molecule has 2 fully saturated rings. The van der Waals surface area contributed by atoms with E-state index in [1.807, 2.05) is 66.0 Å². The van der Waals surface area contributed by atoms with Gasteiger partial charge in [0, 0.05) is 70.6 Å². The monoisotopic (exact) mass is 714 g/mol. The van der Waals surface area contributed by atoms with Crippen molar-refractivity contribution < 1.29 is 19.1 Å². The van der Waals surface area contributed by atoms with Crippen LogP contribution in [0.15, 0.2) is 55.1 Å². The third kappa shape index (κ3) is 8.63. The molecule has 2 aliphatic heterocycles. The van der Waals surface area contributed by atoms with Crippen LogP contribution in [0.3, 0.4) is 0 Å². The smallest absolute Gasteiger partial charge is 0.410 e. The number of aromatic nitrogens is 5. The summed E-state index contributed by atoms with van der Waals surface area (Å²) in [6.45, 7) is 20.8. The Bertz CT molecular complexity index is 1820. The quantitative estimate of drug-likeness (QED) is 0.117. The topological polar surface area (TPSA) is 110 Å². The van der Waals surface area contributed by atoms with Gasteiger partial charge in [0.05, 0.1) is 12.2 Å². The summed E-state index contributed by atoms with van der Waals surface area (Å²) in [7, 11) is -1.15. The molecule has 1 atom stereocenters. The first-order valence-corrected chi connectivity index (χ1v) is 22.0. The third-order valence-corrected chi connectivity index (χ3v) is 11.4. The molecule has 1 aromatic carbocycles. The molecule has 0 radical (unpaired) electrons. The molecular formula is C38H54N8O4Si. The molecule has 13 heteroatoms. The predicted molar refractivity (Wildman–Crippen MR) is 202 cm³/mol. The highest BCUT2D eigenvalue weighted by Crippen LogP contribution is 2.32. The number of amides is 3. The standard InChI is InChI=1S/C38H54N8O4Si/c1-27(2)32-25-44(24-28-13-17-42(18-14-28)37(48)50-38(3,4)5)36(47)46(32)33-15-19-45-35(41-33)31(23-40-45)29-9-11-30(12-10-29)34-39-16-20-43(34)26-49-21-22-51(6,7)8/h9-12,15-16,19-20,23,27-28,32H,13-14,17-18,21-22,24-26H2,1-8H3/t32-/m1/s1. The highest BCUT2D eigenvalue weighted by molar-refractivity contribution is 6.76. The van der Waals surface area contributed by atoms with E-state index in [1.165, 1.54) is 0 Å². The van der Waals surface area contributed by atoms with Gasteiger partial charge in [-0.3, -0.25) is 4.90 Å². The lowest BCUT2D eigenvalue weighted by atomic mass is 9.96. The van der Waals surface area contributed by atoms with E-state index in [2.05, 4.69) is 67.8 Å². The van der Waals surface area contributed by atoms with Crippen molar-refractivity contribution >= 4 is 31.7 Å². The van der Waals surface area contributed by atoms with Gasteiger partial charge in [0.15, 0.2) is 5.65 Å². The van der Waals surface area contributed by atoms with E-state index in [9.17, 15) is 9.59 Å². The first kappa shape index (κ1) is 36.6. The number of nitrogens with zero attached hydrogens (tertiary/aromatic N) is 8. The Morgan fingerprint density at radius 1 is 1.02 bits per heavy atom. The minimum absolute atomic E-state index is 0.0109. The largest absolute Gasteiger partial charge is 0.444 e. The summed E-state index contributed by atoms with van der Waals surface area (Å²) in [5, 5.41) is 4.58. The molecule has 12 nitrogen and oxygen atoms in total. The van der Waals surface area contributed by atoms with E-state index in [1.54, 1.807) is 9.42 Å². The molecule has 0 unspecified atom stereocenters. The zero-order valence-electron chi connectivity index (χ0n) is 31.5. The molecule has 0 aliphatic carbocycles. The van der Waals surface area contributed by atoms with Crippen molar-refractivity contribution in [3.63, 3.8) is 0 Å². The zero-order chi connectivity index (χ0) is 36.5. The molecule has 5 heterocycles. The number of rotatable bonds is 11. The average Bonchev–Trinajstić information content (AvgIpc) is 3.79. The molecule has 51 heavy (non-hydrogen) atoms. The summed E-state index contributed by atoms with van der Waals surface area (Å²) in [5.41, 5.74) is 3.05. The van der Waals surface area contributed by atoms with Gasteiger partial charge in [-0.05, 0) is 63.1 Å². The van der Waals surface area contributed by atoms with E-state index in [4.69, 9.17) is 14.5 Å². The van der Waals surface area contributed by atoms with Crippen molar-refractivity contribution in [3.05, 3.63) is 55.1 Å². The van der Waals surface area contributed by atoms with Crippen molar-refractivity contribution in [2.45, 2.75) is 91.5 Å². The van der Waals surface area contributed by atoms with Gasteiger partial charge in [0.1, 0.15) is 24.0 Å². The number of imidazole rings is 1. The molecule has 0 saturated carbocycles. The van der Waals surface area contributed by atoms with Crippen LogP contribution in [0.2, 0.25) is 25.7 Å². The number of carbonyl (C=O) groups is 2. The van der Waals surface area contributed by atoms with Crippen LogP contribution in [-0.4, -0.2) is 98.6 Å². The second kappa shape index (κ2) is 14.8. The second-order valence-electron chi connectivity index (χ2n) is 16.5. The summed E-state index contributed by atoms with van der Waals surface area (Å²) >= 11 is 0. The van der Waals surface area contributed by atoms with Crippen LogP contribution >= 0.6 is 0 Å². The summed E-state index contributed by atoms with van der Waals surface area (Å²) < 4.78 is 15.4. The maximum atomic E-state index is 14.0. The van der Waals surface area contributed by atoms with Gasteiger partial charge < -0.3 is 23.8 Å². The zero-order valence-corrected chi connectivity index (χ0v) is 32.5. The number of urea groups is 1. The van der Waals surface area contributed by atoms with Crippen LogP contribution in [0.4, 0.5) is 15.4 Å². The Balaban J connectivity index is 1.15. The Labute approximate surface area is 302 Å². The Hall–Kier alpha value is -4.23. The van der Waals surface area contributed by atoms with Crippen molar-refractivity contribution in [2.24, 2.45) is 11.8 Å². The summed E-state index contributed by atoms with van der Waals surface area (Å²) in [6, 6.07) is 11.2. The van der Waals surface area contributed by atoms with Gasteiger partial charge in [0.2, 0.25) is 0 Å². The summed E-state index contributed by atoms with van der Waals surface area (Å²) in [4.78, 5) is 41.9. The highest BCUT2D eigenvalue weighted by atomic mass is 28.3. The number of likely N-dealkylation sites (tertiary alicyclic amines) is 1. The Morgan fingerprint density at radius 3 is 2.39 bits per heavy atom. The molecule has 6 rings (SSSR count). The molecule has 4 aromatic rings. The Morgan fingerprint density at radius 2 is 1.73 bits per heavy atom. The van der Waals surface area contributed by atoms with Crippen LogP contribution in [0.1, 0.15) is 47.5 Å². The number of hydrogen-bond donors (Lipinski definition) is 0. The second-order valence-corrected chi connectivity index (χ2v) is 22.2. The van der Waals surface area contributed by atoms with Gasteiger partial charge >= 0.3 is 12.1 Å². The van der Waals surface area contributed by atoms with Crippen LogP contribution in [0.5, 0.6) is 0 Å². The minimum Gasteiger partial charge on any atom is -0.444 e. The number of anilines is 1. The fourth-order valence-electron chi connectivity index (χ4n) is 6.76. The maximum Gasteiger partial charge on any atom is 0.410 e. The molecule has 0 spiro atoms. The van der Waals surface area contributed by atoms with Gasteiger partial charge in [0.25, 0.3) is 0 Å².